The van der Waals surface area contributed by atoms with Gasteiger partial charge < -0.3 is 34.2 Å². The number of rotatable bonds is 84. The van der Waals surface area contributed by atoms with Gasteiger partial charge in [-0.25, -0.2) is 9.13 Å². The summed E-state index contributed by atoms with van der Waals surface area (Å²) in [6.45, 7) is 2.42. The molecule has 0 saturated heterocycles. The largest absolute Gasteiger partial charge is 0.472 e. The van der Waals surface area contributed by atoms with E-state index in [1.54, 1.807) is 0 Å². The van der Waals surface area contributed by atoms with E-state index in [-0.39, 0.29) is 19.3 Å². The Labute approximate surface area is 700 Å². The Balaban J connectivity index is 4.67. The third-order valence-corrected chi connectivity index (χ3v) is 20.5. The molecule has 18 heteroatoms. The van der Waals surface area contributed by atoms with E-state index in [0.29, 0.717) is 19.3 Å². The number of aliphatic hydroxyl groups is 2. The number of hydrogen-bond acceptors (Lipinski definition) is 14. The van der Waals surface area contributed by atoms with Crippen molar-refractivity contribution in [2.45, 2.75) is 373 Å². The van der Waals surface area contributed by atoms with Crippen LogP contribution in [0.25, 0.3) is 0 Å². The van der Waals surface area contributed by atoms with Crippen LogP contribution in [-0.4, -0.2) is 95.9 Å². The van der Waals surface area contributed by atoms with Gasteiger partial charge in [-0.1, -0.05) is 357 Å². The summed E-state index contributed by atoms with van der Waals surface area (Å²) in [7, 11) is -9.83. The van der Waals surface area contributed by atoms with Crippen LogP contribution in [0.15, 0.2) is 182 Å². The standard InChI is InChI=1S/C97H162O16P2/c1-4-7-10-13-16-19-22-25-28-31-34-37-40-42-44-45-47-49-51-53-56-59-62-65-68-71-74-77-80-83-95(100)107-86-92(98)87-109-114(103,104)110-88-93(99)89-111-115(105,106)112-91-94(113-97(102)85-82-79-76-73-70-67-64-61-58-55-50-39-36-33-30-27-24-21-18-15-12-9-6-3)90-108-96(101)84-81-78-75-72-69-66-63-60-57-54-52-48-46-43-41-38-35-32-29-26-23-20-17-14-11-8-5-2/h7,9-10,12,16-21,25-30,34-39,42-44,46,55,58,64,67,92-94,98-99H,4-6,8,11,13-15,22-24,31-33,40-41,45,47-54,56-57,59-63,65-66,68-91H2,1-3H3,(H,103,104)(H,105,106)/b10-7-,12-9-,19-16-,20-17-,21-18-,28-25-,29-26-,30-27-,37-34-,38-35-,39-36-,44-42-,46-43-,58-55-,67-64-. The lowest BCUT2D eigenvalue weighted by Gasteiger charge is -2.21. The molecule has 0 radical (unpaired) electrons. The summed E-state index contributed by atoms with van der Waals surface area (Å²) >= 11 is 0. The third-order valence-electron chi connectivity index (χ3n) is 18.6. The van der Waals surface area contributed by atoms with Gasteiger partial charge >= 0.3 is 33.6 Å². The summed E-state index contributed by atoms with van der Waals surface area (Å²) in [6.07, 6.45) is 115. The second kappa shape index (κ2) is 87.9. The molecule has 5 atom stereocenters. The zero-order valence-electron chi connectivity index (χ0n) is 72.1. The predicted molar refractivity (Wildman–Crippen MR) is 481 cm³/mol. The molecule has 0 aromatic rings. The monoisotopic (exact) mass is 1650 g/mol. The third kappa shape index (κ3) is 89.3. The molecule has 0 aliphatic heterocycles. The minimum absolute atomic E-state index is 0.0682. The van der Waals surface area contributed by atoms with E-state index < -0.39 is 91.5 Å². The van der Waals surface area contributed by atoms with Crippen LogP contribution in [0.1, 0.15) is 355 Å². The van der Waals surface area contributed by atoms with Crippen molar-refractivity contribution in [1.82, 2.24) is 0 Å². The van der Waals surface area contributed by atoms with Crippen molar-refractivity contribution < 1.29 is 75.8 Å². The van der Waals surface area contributed by atoms with Crippen molar-refractivity contribution in [2.75, 3.05) is 39.6 Å². The van der Waals surface area contributed by atoms with Gasteiger partial charge in [0, 0.05) is 19.3 Å². The van der Waals surface area contributed by atoms with Gasteiger partial charge in [0.1, 0.15) is 25.4 Å². The maximum Gasteiger partial charge on any atom is 0.472 e. The molecular weight excluding hydrogens is 1480 g/mol. The number of phosphoric ester groups is 2. The van der Waals surface area contributed by atoms with Gasteiger partial charge in [-0.3, -0.25) is 32.5 Å². The van der Waals surface area contributed by atoms with Crippen molar-refractivity contribution in [3.8, 4) is 0 Å². The number of hydrogen-bond donors (Lipinski definition) is 4. The van der Waals surface area contributed by atoms with Crippen LogP contribution in [0.2, 0.25) is 0 Å². The maximum atomic E-state index is 13.1. The van der Waals surface area contributed by atoms with Crippen LogP contribution in [0.3, 0.4) is 0 Å². The molecule has 16 nitrogen and oxygen atoms in total. The smallest absolute Gasteiger partial charge is 0.463 e. The van der Waals surface area contributed by atoms with E-state index in [4.69, 9.17) is 32.3 Å². The normalized spacial score (nSPS) is 14.7. The number of unbranched alkanes of at least 4 members (excludes halogenated alkanes) is 31. The van der Waals surface area contributed by atoms with Crippen LogP contribution in [0.5, 0.6) is 0 Å². The molecule has 0 aromatic carbocycles. The zero-order chi connectivity index (χ0) is 83.6. The second-order valence-electron chi connectivity index (χ2n) is 29.6. The van der Waals surface area contributed by atoms with Crippen LogP contribution in [-0.2, 0) is 55.8 Å². The molecule has 0 saturated carbocycles. The van der Waals surface area contributed by atoms with Crippen molar-refractivity contribution in [3.63, 3.8) is 0 Å². The summed E-state index contributed by atoms with van der Waals surface area (Å²) in [6, 6.07) is 0. The Hall–Kier alpha value is -5.35. The average molecular weight is 1650 g/mol. The van der Waals surface area contributed by atoms with Crippen molar-refractivity contribution in [1.29, 1.82) is 0 Å². The maximum absolute atomic E-state index is 13.1. The topological polar surface area (TPSA) is 231 Å². The van der Waals surface area contributed by atoms with Gasteiger partial charge in [0.15, 0.2) is 6.10 Å². The van der Waals surface area contributed by atoms with E-state index in [1.807, 2.05) is 0 Å². The Morgan fingerprint density at radius 1 is 0.252 bits per heavy atom. The van der Waals surface area contributed by atoms with Crippen LogP contribution < -0.4 is 0 Å². The van der Waals surface area contributed by atoms with Gasteiger partial charge in [0.05, 0.1) is 26.4 Å². The summed E-state index contributed by atoms with van der Waals surface area (Å²) in [5.41, 5.74) is 0. The molecule has 0 aliphatic carbocycles. The van der Waals surface area contributed by atoms with E-state index in [1.165, 1.54) is 122 Å². The number of ether oxygens (including phenoxy) is 3. The zero-order valence-corrected chi connectivity index (χ0v) is 73.9. The molecule has 0 amide bonds. The lowest BCUT2D eigenvalue weighted by molar-refractivity contribution is -0.161. The molecule has 4 N–H and O–H groups in total. The van der Waals surface area contributed by atoms with Crippen LogP contribution in [0.4, 0.5) is 0 Å². The Kier molecular flexibility index (Phi) is 83.9. The molecule has 0 aromatic heterocycles. The first-order valence-corrected chi connectivity index (χ1v) is 48.1. The molecule has 5 unspecified atom stereocenters. The highest BCUT2D eigenvalue weighted by Crippen LogP contribution is 2.45. The van der Waals surface area contributed by atoms with Crippen molar-refractivity contribution in [2.24, 2.45) is 0 Å². The molecule has 0 spiro atoms. The predicted octanol–water partition coefficient (Wildman–Crippen LogP) is 27.7. The SMILES string of the molecule is CC/C=C\C/C=C\C/C=C\C/C=C\C/C=C\C/C=C\CCCCCCC(=O)OC(COC(=O)CCCCCCCCCCCCC/C=C\C/C=C\C/C=C\C/C=C\CCCCC)COP(=O)(O)OCC(O)COP(=O)(O)OCC(O)COC(=O)CCCCCCCCCCCCCCC/C=C\C/C=C\C/C=C\C/C=C\C/C=C\CC. The Morgan fingerprint density at radius 2 is 0.461 bits per heavy atom. The number of esters is 3. The highest BCUT2D eigenvalue weighted by Gasteiger charge is 2.29. The van der Waals surface area contributed by atoms with E-state index in [2.05, 4.69) is 203 Å². The first kappa shape index (κ1) is 110. The van der Waals surface area contributed by atoms with Crippen molar-refractivity contribution >= 4 is 33.6 Å². The van der Waals surface area contributed by atoms with Gasteiger partial charge in [0.25, 0.3) is 0 Å². The average Bonchev–Trinajstić information content (AvgIpc) is 0.898. The van der Waals surface area contributed by atoms with E-state index >= 15 is 0 Å². The minimum atomic E-state index is -4.95. The van der Waals surface area contributed by atoms with Gasteiger partial charge in [0.2, 0.25) is 0 Å². The van der Waals surface area contributed by atoms with Crippen LogP contribution >= 0.6 is 15.6 Å². The molecule has 656 valence electrons. The lowest BCUT2D eigenvalue weighted by atomic mass is 10.0. The fraction of sp³-hybridized carbons (Fsp3) is 0.660. The highest BCUT2D eigenvalue weighted by atomic mass is 31.2. The first-order chi connectivity index (χ1) is 56.2. The fourth-order valence-corrected chi connectivity index (χ4v) is 13.4. The van der Waals surface area contributed by atoms with E-state index in [9.17, 15) is 43.5 Å². The summed E-state index contributed by atoms with van der Waals surface area (Å²) in [4.78, 5) is 59.0. The second-order valence-corrected chi connectivity index (χ2v) is 32.5. The molecule has 0 heterocycles. The number of carbonyl (C=O) groups excluding carboxylic acids is 3. The molecule has 115 heavy (non-hydrogen) atoms. The number of phosphoric acid groups is 2. The number of allylic oxidation sites excluding steroid dienone is 30. The van der Waals surface area contributed by atoms with Gasteiger partial charge in [-0.15, -0.1) is 0 Å². The first-order valence-electron chi connectivity index (χ1n) is 45.1. The molecule has 0 fully saturated rings. The quantitative estimate of drug-likeness (QED) is 0.0146. The summed E-state index contributed by atoms with van der Waals surface area (Å²) in [5.74, 6) is -1.61. The molecule has 0 aliphatic rings. The van der Waals surface area contributed by atoms with Crippen LogP contribution in [0, 0.1) is 0 Å². The van der Waals surface area contributed by atoms with Crippen molar-refractivity contribution in [3.05, 3.63) is 182 Å². The molecule has 0 rings (SSSR count). The number of carbonyl (C=O) groups is 3. The molecular formula is C97H162O16P2. The minimum Gasteiger partial charge on any atom is -0.463 e. The Morgan fingerprint density at radius 3 is 0.730 bits per heavy atom. The Bertz CT molecular complexity index is 2820. The highest BCUT2D eigenvalue weighted by molar-refractivity contribution is 7.47. The van der Waals surface area contributed by atoms with E-state index in [0.717, 1.165) is 173 Å². The number of aliphatic hydroxyl groups excluding tert-OH is 2. The van der Waals surface area contributed by atoms with Gasteiger partial charge in [-0.05, 0) is 161 Å². The summed E-state index contributed by atoms with van der Waals surface area (Å²) in [5, 5.41) is 20.7. The summed E-state index contributed by atoms with van der Waals surface area (Å²) < 4.78 is 61.4. The van der Waals surface area contributed by atoms with Gasteiger partial charge in [-0.2, -0.15) is 0 Å². The lowest BCUT2D eigenvalue weighted by Crippen LogP contribution is -2.30. The fourth-order valence-electron chi connectivity index (χ4n) is 11.8. The molecule has 0 bridgehead atoms.